The third-order valence-corrected chi connectivity index (χ3v) is 4.61. The molecule has 3 unspecified atom stereocenters. The number of ketones is 1. The van der Waals surface area contributed by atoms with Crippen LogP contribution < -0.4 is 0 Å². The van der Waals surface area contributed by atoms with Crippen molar-refractivity contribution in [1.29, 1.82) is 0 Å². The second-order valence-electron chi connectivity index (χ2n) is 6.06. The highest BCUT2D eigenvalue weighted by Gasteiger charge is 2.59. The molecule has 3 rings (SSSR count). The molecule has 0 aromatic carbocycles. The molecule has 2 heteroatoms. The zero-order valence-corrected chi connectivity index (χ0v) is 10.4. The van der Waals surface area contributed by atoms with Gasteiger partial charge in [0.2, 0.25) is 0 Å². The molecule has 0 radical (unpaired) electrons. The maximum absolute atomic E-state index is 12.0. The summed E-state index contributed by atoms with van der Waals surface area (Å²) in [6.45, 7) is 6.72. The summed E-state index contributed by atoms with van der Waals surface area (Å²) in [5, 5.41) is 0. The molecule has 0 N–H and O–H groups in total. The average molecular weight is 220 g/mol. The van der Waals surface area contributed by atoms with Gasteiger partial charge in [-0.05, 0) is 49.2 Å². The molecule has 1 aliphatic heterocycles. The number of carbonyl (C=O) groups is 1. The lowest BCUT2D eigenvalue weighted by Gasteiger charge is -2.33. The molecule has 3 atom stereocenters. The number of rotatable bonds is 1. The van der Waals surface area contributed by atoms with Crippen LogP contribution in [0, 0.1) is 11.8 Å². The Hall–Kier alpha value is -0.630. The van der Waals surface area contributed by atoms with Crippen molar-refractivity contribution in [3.05, 3.63) is 11.1 Å². The molecule has 3 aliphatic rings. The highest BCUT2D eigenvalue weighted by molar-refractivity contribution is 5.97. The van der Waals surface area contributed by atoms with Gasteiger partial charge in [0.15, 0.2) is 5.78 Å². The van der Waals surface area contributed by atoms with Crippen molar-refractivity contribution >= 4 is 5.78 Å². The molecule has 2 aliphatic carbocycles. The summed E-state index contributed by atoms with van der Waals surface area (Å²) in [6, 6.07) is 0. The van der Waals surface area contributed by atoms with Crippen LogP contribution in [-0.2, 0) is 9.53 Å². The first-order valence-corrected chi connectivity index (χ1v) is 6.47. The molecule has 0 amide bonds. The zero-order chi connectivity index (χ0) is 11.5. The van der Waals surface area contributed by atoms with E-state index in [4.69, 9.17) is 4.74 Å². The highest BCUT2D eigenvalue weighted by Crippen LogP contribution is 2.55. The molecule has 1 saturated heterocycles. The summed E-state index contributed by atoms with van der Waals surface area (Å²) < 4.78 is 5.85. The number of carbonyl (C=O) groups excluding carboxylic acids is 1. The first-order chi connectivity index (χ1) is 7.53. The van der Waals surface area contributed by atoms with Gasteiger partial charge in [0.05, 0.1) is 5.60 Å². The standard InChI is InChI=1S/C14H20O2/c1-8(2)9-4-5-11(15)10-6-7-14(3)13(16-14)12(9)10/h8-9,13H,4-7H2,1-3H3. The van der Waals surface area contributed by atoms with Gasteiger partial charge < -0.3 is 4.74 Å². The monoisotopic (exact) mass is 220 g/mol. The predicted octanol–water partition coefficient (Wildman–Crippen LogP) is 2.87. The number of Topliss-reactive ketones (excluding diaryl/α,β-unsaturated/α-hetero) is 1. The van der Waals surface area contributed by atoms with Crippen molar-refractivity contribution in [3.63, 3.8) is 0 Å². The number of hydrogen-bond donors (Lipinski definition) is 0. The van der Waals surface area contributed by atoms with Gasteiger partial charge in [-0.15, -0.1) is 0 Å². The third kappa shape index (κ3) is 1.32. The van der Waals surface area contributed by atoms with Gasteiger partial charge in [0.25, 0.3) is 0 Å². The number of hydrogen-bond acceptors (Lipinski definition) is 2. The lowest BCUT2D eigenvalue weighted by atomic mass is 9.69. The van der Waals surface area contributed by atoms with Crippen LogP contribution in [0.15, 0.2) is 11.1 Å². The van der Waals surface area contributed by atoms with Crippen LogP contribution in [0.2, 0.25) is 0 Å². The molecule has 0 bridgehead atoms. The Morgan fingerprint density at radius 1 is 1.38 bits per heavy atom. The van der Waals surface area contributed by atoms with Crippen LogP contribution >= 0.6 is 0 Å². The van der Waals surface area contributed by atoms with E-state index in [1.807, 2.05) is 0 Å². The zero-order valence-electron chi connectivity index (χ0n) is 10.4. The number of fused-ring (bicyclic) bond motifs is 2. The fourth-order valence-corrected chi connectivity index (χ4v) is 3.50. The largest absolute Gasteiger partial charge is 0.362 e. The van der Waals surface area contributed by atoms with E-state index in [1.54, 1.807) is 0 Å². The van der Waals surface area contributed by atoms with Gasteiger partial charge in [-0.1, -0.05) is 13.8 Å². The molecule has 0 saturated carbocycles. The van der Waals surface area contributed by atoms with E-state index in [0.29, 0.717) is 17.6 Å². The fourth-order valence-electron chi connectivity index (χ4n) is 3.50. The van der Waals surface area contributed by atoms with Crippen molar-refractivity contribution < 1.29 is 9.53 Å². The molecule has 2 nitrogen and oxygen atoms in total. The summed E-state index contributed by atoms with van der Waals surface area (Å²) in [5.41, 5.74) is 2.58. The summed E-state index contributed by atoms with van der Waals surface area (Å²) >= 11 is 0. The molecule has 0 aromatic rings. The maximum Gasteiger partial charge on any atom is 0.158 e. The Balaban J connectivity index is 2.02. The molecular weight excluding hydrogens is 200 g/mol. The van der Waals surface area contributed by atoms with Crippen molar-refractivity contribution in [2.45, 2.75) is 58.2 Å². The number of epoxide rings is 1. The van der Waals surface area contributed by atoms with Crippen molar-refractivity contribution in [3.8, 4) is 0 Å². The quantitative estimate of drug-likeness (QED) is 0.636. The van der Waals surface area contributed by atoms with Crippen LogP contribution in [0.25, 0.3) is 0 Å². The number of allylic oxidation sites excluding steroid dienone is 1. The Labute approximate surface area is 97.1 Å². The Kier molecular flexibility index (Phi) is 2.10. The van der Waals surface area contributed by atoms with Gasteiger partial charge in [-0.3, -0.25) is 4.79 Å². The molecule has 1 fully saturated rings. The first kappa shape index (κ1) is 10.5. The summed E-state index contributed by atoms with van der Waals surface area (Å²) in [6.07, 6.45) is 4.04. The highest BCUT2D eigenvalue weighted by atomic mass is 16.6. The van der Waals surface area contributed by atoms with Gasteiger partial charge in [-0.25, -0.2) is 0 Å². The van der Waals surface area contributed by atoms with E-state index >= 15 is 0 Å². The summed E-state index contributed by atoms with van der Waals surface area (Å²) in [5.74, 6) is 1.61. The van der Waals surface area contributed by atoms with E-state index in [9.17, 15) is 4.79 Å². The van der Waals surface area contributed by atoms with Crippen LogP contribution in [0.3, 0.4) is 0 Å². The SMILES string of the molecule is CC(C)C1CCC(=O)C2=C1C1OC1(C)CC2. The van der Waals surface area contributed by atoms with Crippen molar-refractivity contribution in [2.75, 3.05) is 0 Å². The van der Waals surface area contributed by atoms with Gasteiger partial charge >= 0.3 is 0 Å². The van der Waals surface area contributed by atoms with Gasteiger partial charge in [0, 0.05) is 6.42 Å². The fraction of sp³-hybridized carbons (Fsp3) is 0.786. The van der Waals surface area contributed by atoms with Crippen LogP contribution in [0.4, 0.5) is 0 Å². The second-order valence-corrected chi connectivity index (χ2v) is 6.06. The molecule has 0 aromatic heterocycles. The summed E-state index contributed by atoms with van der Waals surface area (Å²) in [4.78, 5) is 12.0. The molecule has 1 heterocycles. The van der Waals surface area contributed by atoms with E-state index in [-0.39, 0.29) is 11.7 Å². The lowest BCUT2D eigenvalue weighted by molar-refractivity contribution is -0.116. The van der Waals surface area contributed by atoms with Crippen molar-refractivity contribution in [2.24, 2.45) is 11.8 Å². The topological polar surface area (TPSA) is 29.6 Å². The average Bonchev–Trinajstić information content (AvgIpc) is 2.90. The minimum absolute atomic E-state index is 0.0730. The Morgan fingerprint density at radius 3 is 2.81 bits per heavy atom. The van der Waals surface area contributed by atoms with E-state index in [2.05, 4.69) is 20.8 Å². The van der Waals surface area contributed by atoms with Gasteiger partial charge in [0.1, 0.15) is 6.10 Å². The summed E-state index contributed by atoms with van der Waals surface area (Å²) in [7, 11) is 0. The van der Waals surface area contributed by atoms with E-state index in [0.717, 1.165) is 31.3 Å². The van der Waals surface area contributed by atoms with E-state index < -0.39 is 0 Å². The Bertz CT molecular complexity index is 380. The number of ether oxygens (including phenoxy) is 1. The second kappa shape index (κ2) is 3.19. The third-order valence-electron chi connectivity index (χ3n) is 4.61. The van der Waals surface area contributed by atoms with E-state index in [1.165, 1.54) is 5.57 Å². The smallest absolute Gasteiger partial charge is 0.158 e. The molecular formula is C14H20O2. The van der Waals surface area contributed by atoms with Gasteiger partial charge in [-0.2, -0.15) is 0 Å². The van der Waals surface area contributed by atoms with Crippen LogP contribution in [0.5, 0.6) is 0 Å². The Morgan fingerprint density at radius 2 is 2.12 bits per heavy atom. The lowest BCUT2D eigenvalue weighted by Crippen LogP contribution is -2.31. The van der Waals surface area contributed by atoms with Crippen LogP contribution in [0.1, 0.15) is 46.5 Å². The van der Waals surface area contributed by atoms with Crippen LogP contribution in [-0.4, -0.2) is 17.5 Å². The predicted molar refractivity (Wildman–Crippen MR) is 62.1 cm³/mol. The normalized spacial score (nSPS) is 42.1. The van der Waals surface area contributed by atoms with Crippen molar-refractivity contribution in [1.82, 2.24) is 0 Å². The molecule has 16 heavy (non-hydrogen) atoms. The molecule has 0 spiro atoms. The first-order valence-electron chi connectivity index (χ1n) is 6.47. The molecule has 88 valence electrons. The maximum atomic E-state index is 12.0. The minimum Gasteiger partial charge on any atom is -0.362 e. The minimum atomic E-state index is 0.0730.